The van der Waals surface area contributed by atoms with Gasteiger partial charge in [0.05, 0.1) is 29.8 Å². The number of halogens is 6. The van der Waals surface area contributed by atoms with Crippen LogP contribution < -0.4 is 5.32 Å². The van der Waals surface area contributed by atoms with Crippen molar-refractivity contribution in [1.82, 2.24) is 25.1 Å². The van der Waals surface area contributed by atoms with Crippen LogP contribution in [-0.4, -0.2) is 38.7 Å². The third-order valence-electron chi connectivity index (χ3n) is 4.71. The molecule has 0 saturated heterocycles. The number of methoxy groups -OCH3 is 1. The molecule has 0 radical (unpaired) electrons. The zero-order valence-electron chi connectivity index (χ0n) is 18.3. The summed E-state index contributed by atoms with van der Waals surface area (Å²) in [6.07, 6.45) is -8.98. The van der Waals surface area contributed by atoms with E-state index in [0.29, 0.717) is 12.1 Å². The van der Waals surface area contributed by atoms with E-state index in [2.05, 4.69) is 25.1 Å². The van der Waals surface area contributed by atoms with Gasteiger partial charge in [-0.1, -0.05) is 0 Å². The average molecular weight is 501 g/mol. The van der Waals surface area contributed by atoms with Crippen molar-refractivity contribution in [3.8, 4) is 5.82 Å². The zero-order valence-corrected chi connectivity index (χ0v) is 18.3. The first-order valence-corrected chi connectivity index (χ1v) is 9.79. The molecule has 3 rings (SSSR count). The number of hydrogen-bond acceptors (Lipinski definition) is 6. The van der Waals surface area contributed by atoms with Gasteiger partial charge in [0, 0.05) is 11.8 Å². The number of rotatable bonds is 5. The van der Waals surface area contributed by atoms with Gasteiger partial charge in [0.15, 0.2) is 11.6 Å². The number of aryl methyl sites for hydroxylation is 1. The van der Waals surface area contributed by atoms with Crippen molar-refractivity contribution in [3.05, 3.63) is 70.4 Å². The average Bonchev–Trinajstić information content (AvgIpc) is 3.19. The summed E-state index contributed by atoms with van der Waals surface area (Å²) in [6.45, 7) is 2.94. The lowest BCUT2D eigenvalue weighted by Crippen LogP contribution is -2.29. The quantitative estimate of drug-likeness (QED) is 0.414. The van der Waals surface area contributed by atoms with E-state index in [1.54, 1.807) is 0 Å². The maximum atomic E-state index is 13.1. The van der Waals surface area contributed by atoms with Crippen LogP contribution in [0.3, 0.4) is 0 Å². The van der Waals surface area contributed by atoms with Crippen molar-refractivity contribution in [1.29, 1.82) is 0 Å². The van der Waals surface area contributed by atoms with Gasteiger partial charge in [-0.25, -0.2) is 14.8 Å². The number of nitrogens with zero attached hydrogens (tertiary/aromatic N) is 4. The molecule has 0 bridgehead atoms. The van der Waals surface area contributed by atoms with E-state index in [0.717, 1.165) is 0 Å². The van der Waals surface area contributed by atoms with Crippen LogP contribution in [0.25, 0.3) is 5.82 Å². The van der Waals surface area contributed by atoms with E-state index in [9.17, 15) is 35.9 Å². The van der Waals surface area contributed by atoms with Crippen LogP contribution in [0, 0.1) is 6.92 Å². The molecule has 1 amide bonds. The molecule has 0 saturated carbocycles. The molecule has 0 spiro atoms. The zero-order chi connectivity index (χ0) is 26.1. The molecular formula is C21H17F6N5O3. The first kappa shape index (κ1) is 25.6. The Morgan fingerprint density at radius 2 is 1.60 bits per heavy atom. The molecule has 0 fully saturated rings. The molecule has 0 aliphatic heterocycles. The second kappa shape index (κ2) is 9.35. The third-order valence-corrected chi connectivity index (χ3v) is 4.71. The Hall–Kier alpha value is -3.97. The number of carbonyl (C=O) groups is 2. The third kappa shape index (κ3) is 5.75. The standard InChI is InChI=1S/C21H17F6N5O3/c1-10(17-30-11(2)31-32(17)16-5-4-12(9-28-16)19(34)35-3)29-18(33)13-6-14(20(22,23)24)8-15(7-13)21(25,26)27/h4-10H,1-3H3,(H,29,33). The van der Waals surface area contributed by atoms with Gasteiger partial charge in [0.25, 0.3) is 5.91 Å². The number of carbonyl (C=O) groups excluding carboxylic acids is 2. The van der Waals surface area contributed by atoms with Gasteiger partial charge in [-0.3, -0.25) is 4.79 Å². The van der Waals surface area contributed by atoms with Crippen molar-refractivity contribution in [2.45, 2.75) is 32.2 Å². The van der Waals surface area contributed by atoms with Crippen molar-refractivity contribution < 1.29 is 40.7 Å². The smallest absolute Gasteiger partial charge is 0.416 e. The Bertz CT molecular complexity index is 1220. The molecule has 186 valence electrons. The SMILES string of the molecule is COC(=O)c1ccc(-n2nc(C)nc2C(C)NC(=O)c2cc(C(F)(F)F)cc(C(F)(F)F)c2)nc1. The van der Waals surface area contributed by atoms with E-state index in [4.69, 9.17) is 0 Å². The van der Waals surface area contributed by atoms with Crippen LogP contribution in [-0.2, 0) is 17.1 Å². The van der Waals surface area contributed by atoms with Gasteiger partial charge in [-0.05, 0) is 44.2 Å². The summed E-state index contributed by atoms with van der Waals surface area (Å²) in [6, 6.07) is 2.42. The molecule has 1 atom stereocenters. The number of ether oxygens (including phenoxy) is 1. The highest BCUT2D eigenvalue weighted by atomic mass is 19.4. The van der Waals surface area contributed by atoms with Gasteiger partial charge in [-0.15, -0.1) is 5.10 Å². The number of nitrogens with one attached hydrogen (secondary N) is 1. The second-order valence-corrected chi connectivity index (χ2v) is 7.32. The van der Waals surface area contributed by atoms with Crippen LogP contribution in [0.15, 0.2) is 36.5 Å². The molecule has 8 nitrogen and oxygen atoms in total. The lowest BCUT2D eigenvalue weighted by atomic mass is 10.0. The summed E-state index contributed by atoms with van der Waals surface area (Å²) in [4.78, 5) is 32.5. The summed E-state index contributed by atoms with van der Waals surface area (Å²) < 4.78 is 84.5. The Labute approximate surface area is 193 Å². The van der Waals surface area contributed by atoms with Crippen LogP contribution in [0.2, 0.25) is 0 Å². The molecule has 2 aromatic heterocycles. The molecule has 1 unspecified atom stereocenters. The van der Waals surface area contributed by atoms with Crippen LogP contribution in [0.4, 0.5) is 26.3 Å². The Balaban J connectivity index is 1.92. The summed E-state index contributed by atoms with van der Waals surface area (Å²) in [5, 5.41) is 6.48. The Morgan fingerprint density at radius 3 is 2.09 bits per heavy atom. The lowest BCUT2D eigenvalue weighted by Gasteiger charge is -2.17. The van der Waals surface area contributed by atoms with Gasteiger partial charge in [-0.2, -0.15) is 31.0 Å². The Kier molecular flexibility index (Phi) is 6.85. The maximum absolute atomic E-state index is 13.1. The van der Waals surface area contributed by atoms with E-state index in [1.165, 1.54) is 44.0 Å². The second-order valence-electron chi connectivity index (χ2n) is 7.32. The first-order valence-electron chi connectivity index (χ1n) is 9.79. The molecule has 1 N–H and O–H groups in total. The minimum absolute atomic E-state index is 0.0656. The topological polar surface area (TPSA) is 99.0 Å². The fraction of sp³-hybridized carbons (Fsp3) is 0.286. The normalized spacial score (nSPS) is 12.8. The lowest BCUT2D eigenvalue weighted by molar-refractivity contribution is -0.143. The first-order chi connectivity index (χ1) is 16.2. The van der Waals surface area contributed by atoms with Gasteiger partial charge in [0.2, 0.25) is 0 Å². The molecule has 3 aromatic rings. The molecule has 0 aliphatic rings. The number of aromatic nitrogens is 4. The van der Waals surface area contributed by atoms with Crippen LogP contribution in [0.1, 0.15) is 56.5 Å². The van der Waals surface area contributed by atoms with Crippen molar-refractivity contribution in [2.75, 3.05) is 7.11 Å². The molecule has 1 aromatic carbocycles. The molecule has 0 aliphatic carbocycles. The predicted octanol–water partition coefficient (Wildman–Crippen LogP) is 4.29. The van der Waals surface area contributed by atoms with E-state index < -0.39 is 47.0 Å². The summed E-state index contributed by atoms with van der Waals surface area (Å²) >= 11 is 0. The van der Waals surface area contributed by atoms with E-state index in [1.807, 2.05) is 0 Å². The summed E-state index contributed by atoms with van der Waals surface area (Å²) in [5.41, 5.74) is -3.90. The highest BCUT2D eigenvalue weighted by Crippen LogP contribution is 2.36. The molecule has 2 heterocycles. The summed E-state index contributed by atoms with van der Waals surface area (Å²) in [5.74, 6) is -1.28. The van der Waals surface area contributed by atoms with Crippen molar-refractivity contribution in [2.24, 2.45) is 0 Å². The van der Waals surface area contributed by atoms with Crippen LogP contribution in [0.5, 0.6) is 0 Å². The highest BCUT2D eigenvalue weighted by molar-refractivity contribution is 5.95. The van der Waals surface area contributed by atoms with E-state index >= 15 is 0 Å². The molecule has 35 heavy (non-hydrogen) atoms. The fourth-order valence-electron chi connectivity index (χ4n) is 3.06. The van der Waals surface area contributed by atoms with Gasteiger partial charge < -0.3 is 10.1 Å². The van der Waals surface area contributed by atoms with Crippen LogP contribution >= 0.6 is 0 Å². The highest BCUT2D eigenvalue weighted by Gasteiger charge is 2.37. The van der Waals surface area contributed by atoms with Crippen molar-refractivity contribution >= 4 is 11.9 Å². The Morgan fingerprint density at radius 1 is 1.00 bits per heavy atom. The molecule has 14 heteroatoms. The largest absolute Gasteiger partial charge is 0.465 e. The minimum atomic E-state index is -5.10. The fourth-order valence-corrected chi connectivity index (χ4v) is 3.06. The predicted molar refractivity (Wildman–Crippen MR) is 108 cm³/mol. The monoisotopic (exact) mass is 501 g/mol. The number of amides is 1. The maximum Gasteiger partial charge on any atom is 0.416 e. The van der Waals surface area contributed by atoms with E-state index in [-0.39, 0.29) is 29.1 Å². The van der Waals surface area contributed by atoms with Crippen molar-refractivity contribution in [3.63, 3.8) is 0 Å². The van der Waals surface area contributed by atoms with Gasteiger partial charge in [0.1, 0.15) is 5.82 Å². The number of alkyl halides is 6. The number of esters is 1. The van der Waals surface area contributed by atoms with Gasteiger partial charge >= 0.3 is 18.3 Å². The molecular weight excluding hydrogens is 484 g/mol. The number of pyridine rings is 1. The number of benzene rings is 1. The summed E-state index contributed by atoms with van der Waals surface area (Å²) in [7, 11) is 1.20. The number of hydrogen-bond donors (Lipinski definition) is 1. The minimum Gasteiger partial charge on any atom is -0.465 e.